The van der Waals surface area contributed by atoms with Crippen LogP contribution in [-0.2, 0) is 39.5 Å². The quantitative estimate of drug-likeness (QED) is 0.301. The lowest BCUT2D eigenvalue weighted by atomic mass is 9.80. The van der Waals surface area contributed by atoms with Crippen LogP contribution in [0.1, 0.15) is 159 Å². The molecule has 3 aromatic heterocycles. The van der Waals surface area contributed by atoms with Gasteiger partial charge in [0.25, 0.3) is 0 Å². The fourth-order valence-electron chi connectivity index (χ4n) is 4.79. The number of hydrogen-bond acceptors (Lipinski definition) is 3. The zero-order chi connectivity index (χ0) is 31.7. The highest BCUT2D eigenvalue weighted by Gasteiger charge is 2.30. The molecule has 5 nitrogen and oxygen atoms in total. The second kappa shape index (κ2) is 11.9. The first-order valence-corrected chi connectivity index (χ1v) is 14.7. The highest BCUT2D eigenvalue weighted by Crippen LogP contribution is 2.34. The molecule has 1 N–H and O–H groups in total. The predicted octanol–water partition coefficient (Wildman–Crippen LogP) is 9.89. The standard InChI is InChI=1S/C12H22N2.C12H21N.C11H19NO/c1-11(2,3)9-10(12(4,5)6)14(7)8-13-9;1-11(2,3)9-7-8-13-10(9)12(4,5)6;1-10(2,3)8-9(11(4,5)6)13-7-12-8/h8H,1-7H3;7-8,13H,1-6H3;7H,1-6H3. The van der Waals surface area contributed by atoms with Gasteiger partial charge in [-0.05, 0) is 17.0 Å². The van der Waals surface area contributed by atoms with Gasteiger partial charge >= 0.3 is 0 Å². The minimum atomic E-state index is 0.0408. The lowest BCUT2D eigenvalue weighted by Gasteiger charge is -2.26. The van der Waals surface area contributed by atoms with E-state index in [4.69, 9.17) is 4.42 Å². The Morgan fingerprint density at radius 2 is 1.10 bits per heavy atom. The summed E-state index contributed by atoms with van der Waals surface area (Å²) in [7, 11) is 2.07. The van der Waals surface area contributed by atoms with E-state index < -0.39 is 0 Å². The van der Waals surface area contributed by atoms with E-state index in [2.05, 4.69) is 157 Å². The van der Waals surface area contributed by atoms with Crippen LogP contribution >= 0.6 is 0 Å². The van der Waals surface area contributed by atoms with E-state index in [-0.39, 0.29) is 32.5 Å². The van der Waals surface area contributed by atoms with Crippen molar-refractivity contribution in [3.8, 4) is 0 Å². The van der Waals surface area contributed by atoms with Gasteiger partial charge in [0.05, 0.1) is 17.7 Å². The second-order valence-electron chi connectivity index (χ2n) is 17.3. The molecule has 0 bridgehead atoms. The predicted molar refractivity (Wildman–Crippen MR) is 173 cm³/mol. The highest BCUT2D eigenvalue weighted by molar-refractivity contribution is 5.32. The number of H-pyrrole nitrogens is 1. The maximum atomic E-state index is 5.44. The summed E-state index contributed by atoms with van der Waals surface area (Å²) in [6.07, 6.45) is 5.50. The van der Waals surface area contributed by atoms with Gasteiger partial charge in [-0.25, -0.2) is 9.97 Å². The molecule has 0 unspecified atom stereocenters. The molecular formula is C35H62N4O. The summed E-state index contributed by atoms with van der Waals surface area (Å²) in [6.45, 7) is 39.7. The van der Waals surface area contributed by atoms with Crippen molar-refractivity contribution in [3.05, 3.63) is 59.1 Å². The summed E-state index contributed by atoms with van der Waals surface area (Å²) < 4.78 is 7.58. The number of imidazole rings is 1. The van der Waals surface area contributed by atoms with Crippen LogP contribution in [0, 0.1) is 0 Å². The van der Waals surface area contributed by atoms with Crippen LogP contribution < -0.4 is 0 Å². The maximum absolute atomic E-state index is 5.44. The van der Waals surface area contributed by atoms with Crippen molar-refractivity contribution >= 4 is 0 Å². The first kappa shape index (κ1) is 35.7. The molecule has 0 aliphatic heterocycles. The second-order valence-corrected chi connectivity index (χ2v) is 17.3. The molecule has 0 aliphatic rings. The fourth-order valence-corrected chi connectivity index (χ4v) is 4.79. The normalized spacial score (nSPS) is 13.4. The third-order valence-corrected chi connectivity index (χ3v) is 6.62. The van der Waals surface area contributed by atoms with Gasteiger partial charge in [0.1, 0.15) is 5.76 Å². The molecule has 3 aromatic rings. The molecule has 0 radical (unpaired) electrons. The Morgan fingerprint density at radius 3 is 1.40 bits per heavy atom. The van der Waals surface area contributed by atoms with Crippen LogP contribution in [0.4, 0.5) is 0 Å². The molecule has 0 atom stereocenters. The molecule has 0 fully saturated rings. The number of aromatic nitrogens is 4. The monoisotopic (exact) mass is 554 g/mol. The van der Waals surface area contributed by atoms with Crippen LogP contribution in [0.3, 0.4) is 0 Å². The molecule has 3 rings (SSSR count). The van der Waals surface area contributed by atoms with E-state index in [0.29, 0.717) is 0 Å². The number of rotatable bonds is 0. The molecule has 0 aliphatic carbocycles. The molecule has 0 aromatic carbocycles. The summed E-state index contributed by atoms with van der Waals surface area (Å²) in [4.78, 5) is 12.2. The number of aryl methyl sites for hydroxylation is 1. The topological polar surface area (TPSA) is 59.6 Å². The Bertz CT molecular complexity index is 1080. The zero-order valence-corrected chi connectivity index (χ0v) is 29.6. The molecule has 228 valence electrons. The molecule has 3 heterocycles. The summed E-state index contributed by atoms with van der Waals surface area (Å²) in [5.74, 6) is 1.00. The van der Waals surface area contributed by atoms with Crippen LogP contribution in [0.15, 0.2) is 29.4 Å². The SMILES string of the molecule is CC(C)(C)c1cc[nH]c1C(C)(C)C.CC(C)(C)c1ncoc1C(C)(C)C.Cn1cnc(C(C)(C)C)c1C(C)(C)C. The zero-order valence-electron chi connectivity index (χ0n) is 29.6. The first-order valence-electron chi connectivity index (χ1n) is 14.7. The molecule has 0 saturated heterocycles. The molecule has 0 saturated carbocycles. The van der Waals surface area contributed by atoms with Gasteiger partial charge in [0.2, 0.25) is 0 Å². The minimum Gasteiger partial charge on any atom is -0.448 e. The van der Waals surface area contributed by atoms with E-state index in [1.165, 1.54) is 22.6 Å². The minimum absolute atomic E-state index is 0.0408. The van der Waals surface area contributed by atoms with Crippen molar-refractivity contribution < 1.29 is 4.42 Å². The van der Waals surface area contributed by atoms with Crippen molar-refractivity contribution in [1.82, 2.24) is 19.5 Å². The number of nitrogens with one attached hydrogen (secondary N) is 1. The number of hydrogen-bond donors (Lipinski definition) is 1. The molecule has 40 heavy (non-hydrogen) atoms. The van der Waals surface area contributed by atoms with E-state index >= 15 is 0 Å². The van der Waals surface area contributed by atoms with Gasteiger partial charge in [-0.3, -0.25) is 0 Å². The molecule has 0 spiro atoms. The third-order valence-electron chi connectivity index (χ3n) is 6.62. The number of oxazole rings is 1. The Morgan fingerprint density at radius 1 is 0.600 bits per heavy atom. The van der Waals surface area contributed by atoms with E-state index in [1.54, 1.807) is 6.39 Å². The first-order chi connectivity index (χ1) is 17.6. The van der Waals surface area contributed by atoms with Crippen molar-refractivity contribution in [3.63, 3.8) is 0 Å². The van der Waals surface area contributed by atoms with Crippen molar-refractivity contribution in [2.45, 2.75) is 157 Å². The van der Waals surface area contributed by atoms with Gasteiger partial charge in [-0.15, -0.1) is 0 Å². The van der Waals surface area contributed by atoms with Crippen LogP contribution in [0.2, 0.25) is 0 Å². The van der Waals surface area contributed by atoms with Gasteiger partial charge in [-0.2, -0.15) is 0 Å². The lowest BCUT2D eigenvalue weighted by molar-refractivity contribution is 0.392. The van der Waals surface area contributed by atoms with E-state index in [0.717, 1.165) is 11.5 Å². The summed E-state index contributed by atoms with van der Waals surface area (Å²) in [6, 6.07) is 2.20. The Hall–Kier alpha value is -2.30. The fraction of sp³-hybridized carbons (Fsp3) is 0.714. The molecule has 0 amide bonds. The van der Waals surface area contributed by atoms with Crippen LogP contribution in [0.25, 0.3) is 0 Å². The van der Waals surface area contributed by atoms with E-state index in [9.17, 15) is 0 Å². The van der Waals surface area contributed by atoms with Gasteiger partial charge < -0.3 is 14.0 Å². The largest absolute Gasteiger partial charge is 0.448 e. The van der Waals surface area contributed by atoms with Crippen molar-refractivity contribution in [2.24, 2.45) is 7.05 Å². The van der Waals surface area contributed by atoms with E-state index in [1.807, 2.05) is 12.5 Å². The Labute approximate surface area is 247 Å². The average molecular weight is 555 g/mol. The molecule has 5 heteroatoms. The summed E-state index contributed by atoms with van der Waals surface area (Å²) >= 11 is 0. The summed E-state index contributed by atoms with van der Waals surface area (Å²) in [5, 5.41) is 0. The van der Waals surface area contributed by atoms with Crippen molar-refractivity contribution in [2.75, 3.05) is 0 Å². The third kappa shape index (κ3) is 9.66. The Kier molecular flexibility index (Phi) is 10.6. The Balaban J connectivity index is 0.000000300. The summed E-state index contributed by atoms with van der Waals surface area (Å²) in [5.41, 5.74) is 7.26. The lowest BCUT2D eigenvalue weighted by Crippen LogP contribution is -2.23. The maximum Gasteiger partial charge on any atom is 0.181 e. The molecular weight excluding hydrogens is 492 g/mol. The van der Waals surface area contributed by atoms with Gasteiger partial charge in [-0.1, -0.05) is 125 Å². The average Bonchev–Trinajstić information content (AvgIpc) is 3.44. The number of nitrogens with zero attached hydrogens (tertiary/aromatic N) is 3. The van der Waals surface area contributed by atoms with Crippen LogP contribution in [0.5, 0.6) is 0 Å². The van der Waals surface area contributed by atoms with Crippen molar-refractivity contribution in [1.29, 1.82) is 0 Å². The smallest absolute Gasteiger partial charge is 0.181 e. The number of aromatic amines is 1. The highest BCUT2D eigenvalue weighted by atomic mass is 16.3. The van der Waals surface area contributed by atoms with Gasteiger partial charge in [0.15, 0.2) is 6.39 Å². The van der Waals surface area contributed by atoms with Gasteiger partial charge in [0, 0.05) is 51.7 Å². The van der Waals surface area contributed by atoms with Crippen LogP contribution in [-0.4, -0.2) is 19.5 Å².